The zero-order valence-corrected chi connectivity index (χ0v) is 23.0. The van der Waals surface area contributed by atoms with E-state index in [9.17, 15) is 4.79 Å². The van der Waals surface area contributed by atoms with Crippen LogP contribution in [0.3, 0.4) is 0 Å². The Morgan fingerprint density at radius 2 is 1.69 bits per heavy atom. The van der Waals surface area contributed by atoms with Gasteiger partial charge in [-0.15, -0.1) is 10.2 Å². The monoisotopic (exact) mass is 598 g/mol. The topological polar surface area (TPSA) is 94.3 Å². The smallest absolute Gasteiger partial charge is 0.250 e. The van der Waals surface area contributed by atoms with Gasteiger partial charge in [0.15, 0.2) is 11.0 Å². The summed E-state index contributed by atoms with van der Waals surface area (Å²) in [6.45, 7) is 0.502. The van der Waals surface area contributed by atoms with Crippen LogP contribution in [0.15, 0.2) is 118 Å². The van der Waals surface area contributed by atoms with Gasteiger partial charge in [-0.3, -0.25) is 14.3 Å². The van der Waals surface area contributed by atoms with Gasteiger partial charge in [0.05, 0.1) is 12.0 Å². The molecule has 10 heteroatoms. The number of ether oxygens (including phenoxy) is 1. The number of aromatic nitrogens is 4. The predicted octanol–water partition coefficient (Wildman–Crippen LogP) is 5.91. The van der Waals surface area contributed by atoms with Crippen molar-refractivity contribution in [1.82, 2.24) is 25.2 Å². The third kappa shape index (κ3) is 7.18. The zero-order valence-electron chi connectivity index (χ0n) is 20.6. The molecule has 2 aromatic heterocycles. The third-order valence-corrected chi connectivity index (χ3v) is 6.98. The van der Waals surface area contributed by atoms with Crippen molar-refractivity contribution in [2.24, 2.45) is 5.10 Å². The molecule has 3 aromatic carbocycles. The Kier molecular flexibility index (Phi) is 8.77. The van der Waals surface area contributed by atoms with Crippen LogP contribution in [0.2, 0.25) is 0 Å². The van der Waals surface area contributed by atoms with Crippen molar-refractivity contribution in [1.29, 1.82) is 0 Å². The van der Waals surface area contributed by atoms with Crippen molar-refractivity contribution in [2.75, 3.05) is 5.75 Å². The van der Waals surface area contributed by atoms with Gasteiger partial charge in [-0.1, -0.05) is 58.0 Å². The van der Waals surface area contributed by atoms with Crippen molar-refractivity contribution in [3.8, 4) is 22.8 Å². The van der Waals surface area contributed by atoms with E-state index in [-0.39, 0.29) is 11.7 Å². The second-order valence-electron chi connectivity index (χ2n) is 8.28. The number of hydrogen-bond donors (Lipinski definition) is 1. The van der Waals surface area contributed by atoms with E-state index in [1.165, 1.54) is 11.8 Å². The maximum Gasteiger partial charge on any atom is 0.250 e. The van der Waals surface area contributed by atoms with E-state index in [1.807, 2.05) is 95.6 Å². The van der Waals surface area contributed by atoms with Crippen LogP contribution in [0.4, 0.5) is 0 Å². The van der Waals surface area contributed by atoms with Gasteiger partial charge in [0.2, 0.25) is 0 Å². The SMILES string of the molecule is O=C(CSc1nnc(-c2ccncc2)n1-c1ccc(Br)cc1)NN=Cc1ccc(OCc2ccccc2)cc1. The highest BCUT2D eigenvalue weighted by atomic mass is 79.9. The van der Waals surface area contributed by atoms with Gasteiger partial charge >= 0.3 is 0 Å². The summed E-state index contributed by atoms with van der Waals surface area (Å²) in [5, 5.41) is 13.4. The van der Waals surface area contributed by atoms with Gasteiger partial charge in [0, 0.05) is 28.1 Å². The van der Waals surface area contributed by atoms with E-state index in [4.69, 9.17) is 4.74 Å². The van der Waals surface area contributed by atoms with Crippen LogP contribution >= 0.6 is 27.7 Å². The molecule has 194 valence electrons. The lowest BCUT2D eigenvalue weighted by atomic mass is 10.2. The van der Waals surface area contributed by atoms with Crippen LogP contribution in [-0.4, -0.2) is 37.6 Å². The average Bonchev–Trinajstić information content (AvgIpc) is 3.41. The summed E-state index contributed by atoms with van der Waals surface area (Å²) < 4.78 is 8.69. The zero-order chi connectivity index (χ0) is 26.9. The standard InChI is InChI=1S/C29H23BrN6O2S/c30-24-8-10-25(11-9-24)36-28(23-14-16-31-17-15-23)34-35-29(36)39-20-27(37)33-32-18-21-6-12-26(13-7-21)38-19-22-4-2-1-3-5-22/h1-18H,19-20H2,(H,33,37). The maximum atomic E-state index is 12.5. The minimum absolute atomic E-state index is 0.120. The van der Waals surface area contributed by atoms with Crippen molar-refractivity contribution in [3.05, 3.63) is 119 Å². The molecule has 0 saturated carbocycles. The number of hydrogen-bond acceptors (Lipinski definition) is 7. The highest BCUT2D eigenvalue weighted by Crippen LogP contribution is 2.28. The number of rotatable bonds is 10. The molecule has 0 fully saturated rings. The van der Waals surface area contributed by atoms with Crippen LogP contribution in [-0.2, 0) is 11.4 Å². The van der Waals surface area contributed by atoms with E-state index < -0.39 is 0 Å². The first-order valence-corrected chi connectivity index (χ1v) is 13.8. The number of amides is 1. The Balaban J connectivity index is 1.18. The molecular formula is C29H23BrN6O2S. The first kappa shape index (κ1) is 26.3. The molecule has 2 heterocycles. The lowest BCUT2D eigenvalue weighted by molar-refractivity contribution is -0.118. The second-order valence-corrected chi connectivity index (χ2v) is 10.1. The summed E-state index contributed by atoms with van der Waals surface area (Å²) >= 11 is 4.76. The van der Waals surface area contributed by atoms with Crippen molar-refractivity contribution < 1.29 is 9.53 Å². The molecule has 5 aromatic rings. The van der Waals surface area contributed by atoms with Crippen LogP contribution in [0.5, 0.6) is 5.75 Å². The largest absolute Gasteiger partial charge is 0.489 e. The molecule has 0 radical (unpaired) electrons. The Morgan fingerprint density at radius 1 is 0.949 bits per heavy atom. The van der Waals surface area contributed by atoms with Crippen LogP contribution in [0.25, 0.3) is 17.1 Å². The first-order valence-electron chi connectivity index (χ1n) is 12.0. The predicted molar refractivity (Wildman–Crippen MR) is 156 cm³/mol. The quantitative estimate of drug-likeness (QED) is 0.122. The summed E-state index contributed by atoms with van der Waals surface area (Å²) in [7, 11) is 0. The summed E-state index contributed by atoms with van der Waals surface area (Å²) in [6, 6.07) is 29.1. The second kappa shape index (κ2) is 13.0. The van der Waals surface area contributed by atoms with E-state index in [0.29, 0.717) is 17.6 Å². The summed E-state index contributed by atoms with van der Waals surface area (Å²) in [5.74, 6) is 1.29. The first-order chi connectivity index (χ1) is 19.2. The molecule has 0 aliphatic rings. The van der Waals surface area contributed by atoms with E-state index in [2.05, 4.69) is 41.6 Å². The maximum absolute atomic E-state index is 12.5. The van der Waals surface area contributed by atoms with E-state index >= 15 is 0 Å². The lowest BCUT2D eigenvalue weighted by Crippen LogP contribution is -2.20. The number of pyridine rings is 1. The highest BCUT2D eigenvalue weighted by molar-refractivity contribution is 9.10. The molecule has 1 N–H and O–H groups in total. The molecule has 39 heavy (non-hydrogen) atoms. The van der Waals surface area contributed by atoms with Gasteiger partial charge in [0.1, 0.15) is 12.4 Å². The van der Waals surface area contributed by atoms with Crippen molar-refractivity contribution >= 4 is 39.8 Å². The Labute approximate surface area is 238 Å². The molecule has 0 unspecified atom stereocenters. The summed E-state index contributed by atoms with van der Waals surface area (Å²) in [6.07, 6.45) is 5.01. The molecule has 1 amide bonds. The van der Waals surface area contributed by atoms with Crippen LogP contribution in [0.1, 0.15) is 11.1 Å². The summed E-state index contributed by atoms with van der Waals surface area (Å²) in [5.41, 5.74) is 6.27. The number of halogens is 1. The molecule has 0 aliphatic heterocycles. The molecule has 0 spiro atoms. The third-order valence-electron chi connectivity index (χ3n) is 5.52. The minimum Gasteiger partial charge on any atom is -0.489 e. The normalized spacial score (nSPS) is 11.0. The number of thioether (sulfide) groups is 1. The molecule has 0 saturated heterocycles. The molecule has 0 aliphatic carbocycles. The Hall–Kier alpha value is -4.28. The Bertz CT molecular complexity index is 1540. The fourth-order valence-electron chi connectivity index (χ4n) is 3.61. The van der Waals surface area contributed by atoms with Gasteiger partial charge in [-0.25, -0.2) is 5.43 Å². The Morgan fingerprint density at radius 3 is 2.44 bits per heavy atom. The highest BCUT2D eigenvalue weighted by Gasteiger charge is 2.17. The van der Waals surface area contributed by atoms with E-state index in [1.54, 1.807) is 18.6 Å². The number of benzene rings is 3. The van der Waals surface area contributed by atoms with Gasteiger partial charge in [-0.05, 0) is 71.8 Å². The molecule has 0 atom stereocenters. The average molecular weight is 600 g/mol. The number of nitrogens with zero attached hydrogens (tertiary/aromatic N) is 5. The molecule has 5 rings (SSSR count). The fraction of sp³-hybridized carbons (Fsp3) is 0.0690. The van der Waals surface area contributed by atoms with Crippen LogP contribution < -0.4 is 10.2 Å². The van der Waals surface area contributed by atoms with Crippen molar-refractivity contribution in [2.45, 2.75) is 11.8 Å². The molecule has 8 nitrogen and oxygen atoms in total. The van der Waals surface area contributed by atoms with Gasteiger partial charge in [-0.2, -0.15) is 5.10 Å². The fourth-order valence-corrected chi connectivity index (χ4v) is 4.62. The number of carbonyl (C=O) groups excluding carboxylic acids is 1. The molecular weight excluding hydrogens is 576 g/mol. The van der Waals surface area contributed by atoms with Crippen LogP contribution in [0, 0.1) is 0 Å². The van der Waals surface area contributed by atoms with Crippen molar-refractivity contribution in [3.63, 3.8) is 0 Å². The van der Waals surface area contributed by atoms with E-state index in [0.717, 1.165) is 32.6 Å². The minimum atomic E-state index is -0.255. The summed E-state index contributed by atoms with van der Waals surface area (Å²) in [4.78, 5) is 16.6. The van der Waals surface area contributed by atoms with Gasteiger partial charge in [0.25, 0.3) is 5.91 Å². The number of hydrazone groups is 1. The number of nitrogens with one attached hydrogen (secondary N) is 1. The number of carbonyl (C=O) groups is 1. The molecule has 0 bridgehead atoms. The van der Waals surface area contributed by atoms with Gasteiger partial charge < -0.3 is 4.74 Å². The lowest BCUT2D eigenvalue weighted by Gasteiger charge is -2.10.